The predicted molar refractivity (Wildman–Crippen MR) is 377 cm³/mol. The summed E-state index contributed by atoms with van der Waals surface area (Å²) in [6, 6.07) is 37.3. The number of nitrogens with one attached hydrogen (secondary N) is 3. The minimum atomic E-state index is -3.67. The van der Waals surface area contributed by atoms with Crippen LogP contribution in [0.1, 0.15) is 11.1 Å². The van der Waals surface area contributed by atoms with Gasteiger partial charge < -0.3 is 28.9 Å². The third kappa shape index (κ3) is 15.1. The summed E-state index contributed by atoms with van der Waals surface area (Å²) in [5.41, 5.74) is 13.5. The highest BCUT2D eigenvalue weighted by Gasteiger charge is 2.25. The fraction of sp³-hybridized carbons (Fsp3) is 0.227. The van der Waals surface area contributed by atoms with Crippen molar-refractivity contribution in [1.82, 2.24) is 64.4 Å². The first kappa shape index (κ1) is 64.7. The summed E-state index contributed by atoms with van der Waals surface area (Å²) >= 11 is 4.99. The summed E-state index contributed by atoms with van der Waals surface area (Å²) in [5.74, 6) is 9.19. The van der Waals surface area contributed by atoms with E-state index >= 15 is 0 Å². The molecular formula is C66H64N18O8S4. The van der Waals surface area contributed by atoms with Crippen LogP contribution in [0.5, 0.6) is 0 Å². The van der Waals surface area contributed by atoms with Crippen LogP contribution >= 0.6 is 34.0 Å². The van der Waals surface area contributed by atoms with Gasteiger partial charge in [0.2, 0.25) is 5.95 Å². The Morgan fingerprint density at radius 3 is 1.14 bits per heavy atom. The van der Waals surface area contributed by atoms with Gasteiger partial charge in [0.15, 0.2) is 17.5 Å². The molecule has 14 heterocycles. The topological polar surface area (TPSA) is 321 Å². The maximum Gasteiger partial charge on any atom is 0.274 e. The summed E-state index contributed by atoms with van der Waals surface area (Å²) in [7, 11) is -3.67. The number of thiophene rings is 3. The van der Waals surface area contributed by atoms with Gasteiger partial charge in [-0.25, -0.2) is 20.8 Å². The standard InChI is InChI=1S/2C25H22N6O2S.C15H16N6OS.CH4O3S/c2*1-16-3-2-4-18(13-16)19-15-22(32)31(29-19)25-27-20-14-21(17-5-7-26-8-6-17)34-23(20)24(28-25)30-9-11-33-12-10-30;16-20-15-18-11-9-12(10-1-3-17-4-2-10)23-13(11)14(19-15)21-5-7-22-8-6-21;1-5(2,3)4/h2*2-8,13-15,29H,9-12H2,1H3;1-4,9H,5-8,16H2,(H,18,19,20);1H3,(H,2,3,4). The van der Waals surface area contributed by atoms with E-state index in [2.05, 4.69) is 73.4 Å². The van der Waals surface area contributed by atoms with Crippen molar-refractivity contribution in [3.05, 3.63) is 184 Å². The van der Waals surface area contributed by atoms with Crippen LogP contribution in [0.15, 0.2) is 162 Å². The van der Waals surface area contributed by atoms with Crippen LogP contribution in [0.4, 0.5) is 23.4 Å². The number of rotatable bonds is 11. The molecule has 16 rings (SSSR count). The number of morpholine rings is 3. The molecule has 3 aliphatic heterocycles. The Morgan fingerprint density at radius 1 is 0.469 bits per heavy atom. The second kappa shape index (κ2) is 28.9. The minimum Gasteiger partial charge on any atom is -0.378 e. The van der Waals surface area contributed by atoms with Crippen molar-refractivity contribution in [2.75, 3.05) is 105 Å². The lowest BCUT2D eigenvalue weighted by Gasteiger charge is -2.28. The maximum absolute atomic E-state index is 13.0. The Morgan fingerprint density at radius 2 is 0.802 bits per heavy atom. The SMILES string of the molecule is CS(=O)(=O)O.Cc1cccc(-c2cc(=O)n(-c3nc(N4CCOCC4)c4sc(-c5ccncc5)cc4n3)[nH]2)c1.Cc1cccc(-c2cc(=O)n(-c3nc(N4CCOCC4)c4sc(-c5ccncc5)cc4n3)[nH]2)c1.NNc1nc(N2CCOCC2)c2sc(-c3ccncc3)cc2n1. The smallest absolute Gasteiger partial charge is 0.274 e. The minimum absolute atomic E-state index is 0.201. The van der Waals surface area contributed by atoms with Crippen LogP contribution in [0.2, 0.25) is 0 Å². The molecule has 26 nitrogen and oxygen atoms in total. The predicted octanol–water partition coefficient (Wildman–Crippen LogP) is 9.47. The van der Waals surface area contributed by atoms with Gasteiger partial charge in [-0.15, -0.1) is 34.0 Å². The summed E-state index contributed by atoms with van der Waals surface area (Å²) in [5, 5.41) is 6.41. The average Bonchev–Trinajstić information content (AvgIpc) is 1.61. The van der Waals surface area contributed by atoms with Crippen molar-refractivity contribution >= 4 is 98.2 Å². The summed E-state index contributed by atoms with van der Waals surface area (Å²) in [6.07, 6.45) is 11.4. The molecule has 13 aromatic rings. The van der Waals surface area contributed by atoms with Gasteiger partial charge in [-0.1, -0.05) is 47.5 Å². The van der Waals surface area contributed by atoms with Gasteiger partial charge in [-0.2, -0.15) is 32.7 Å². The molecule has 11 aromatic heterocycles. The highest BCUT2D eigenvalue weighted by atomic mass is 32.2. The van der Waals surface area contributed by atoms with Crippen LogP contribution in [-0.2, 0) is 24.3 Å². The molecule has 0 aliphatic carbocycles. The lowest BCUT2D eigenvalue weighted by Crippen LogP contribution is -2.37. The van der Waals surface area contributed by atoms with Gasteiger partial charge in [0.25, 0.3) is 33.1 Å². The van der Waals surface area contributed by atoms with Crippen molar-refractivity contribution in [2.45, 2.75) is 13.8 Å². The number of H-pyrrole nitrogens is 2. The molecular weight excluding hydrogens is 1300 g/mol. The quantitative estimate of drug-likeness (QED) is 0.0457. The second-order valence-corrected chi connectivity index (χ2v) is 27.0. The van der Waals surface area contributed by atoms with E-state index in [0.717, 1.165) is 152 Å². The highest BCUT2D eigenvalue weighted by molar-refractivity contribution is 7.85. The molecule has 6 N–H and O–H groups in total. The average molecular weight is 1370 g/mol. The van der Waals surface area contributed by atoms with Gasteiger partial charge in [0.05, 0.1) is 87.9 Å². The van der Waals surface area contributed by atoms with Crippen LogP contribution in [0.3, 0.4) is 0 Å². The van der Waals surface area contributed by atoms with Crippen molar-refractivity contribution < 1.29 is 27.2 Å². The number of pyridine rings is 3. The molecule has 0 radical (unpaired) electrons. The van der Waals surface area contributed by atoms with E-state index in [-0.39, 0.29) is 11.1 Å². The number of nitrogens with zero attached hydrogens (tertiary/aromatic N) is 14. The third-order valence-corrected chi connectivity index (χ3v) is 19.0. The first-order valence-electron chi connectivity index (χ1n) is 30.5. The lowest BCUT2D eigenvalue weighted by molar-refractivity contribution is 0.122. The van der Waals surface area contributed by atoms with Crippen LogP contribution in [0.25, 0.3) is 96.4 Å². The molecule has 0 atom stereocenters. The monoisotopic (exact) mass is 1360 g/mol. The molecule has 96 heavy (non-hydrogen) atoms. The summed E-state index contributed by atoms with van der Waals surface area (Å²) in [6.45, 7) is 12.6. The number of hydrogen-bond acceptors (Lipinski definition) is 24. The number of nitrogens with two attached hydrogens (primary N) is 1. The molecule has 0 bridgehead atoms. The van der Waals surface area contributed by atoms with E-state index in [1.165, 1.54) is 9.36 Å². The number of nitrogen functional groups attached to an aromatic ring is 1. The first-order chi connectivity index (χ1) is 46.7. The van der Waals surface area contributed by atoms with Gasteiger partial charge in [0.1, 0.15) is 0 Å². The van der Waals surface area contributed by atoms with E-state index in [1.807, 2.05) is 98.8 Å². The molecule has 3 saturated heterocycles. The molecule has 490 valence electrons. The second-order valence-electron chi connectivity index (χ2n) is 22.3. The van der Waals surface area contributed by atoms with E-state index < -0.39 is 10.1 Å². The Labute approximate surface area is 561 Å². The fourth-order valence-electron chi connectivity index (χ4n) is 10.9. The van der Waals surface area contributed by atoms with Crippen LogP contribution in [-0.4, -0.2) is 163 Å². The number of aromatic amines is 2. The summed E-state index contributed by atoms with van der Waals surface area (Å²) in [4.78, 5) is 76.6. The molecule has 0 spiro atoms. The number of ether oxygens (including phenoxy) is 3. The fourth-order valence-corrected chi connectivity index (χ4v) is 14.3. The number of aryl methyl sites for hydroxylation is 2. The molecule has 0 saturated carbocycles. The molecule has 3 aliphatic rings. The molecule has 2 aromatic carbocycles. The first-order valence-corrected chi connectivity index (χ1v) is 34.8. The Kier molecular flexibility index (Phi) is 19.5. The number of hydrazine groups is 1. The van der Waals surface area contributed by atoms with E-state index in [0.29, 0.717) is 63.7 Å². The van der Waals surface area contributed by atoms with Gasteiger partial charge in [-0.05, 0) is 108 Å². The van der Waals surface area contributed by atoms with Crippen molar-refractivity contribution in [3.8, 4) is 65.7 Å². The normalized spacial score (nSPS) is 14.2. The number of hydrogen-bond donors (Lipinski definition) is 5. The molecule has 0 unspecified atom stereocenters. The largest absolute Gasteiger partial charge is 0.378 e. The number of fused-ring (bicyclic) bond motifs is 3. The van der Waals surface area contributed by atoms with E-state index in [1.54, 1.807) is 83.3 Å². The zero-order valence-corrected chi connectivity index (χ0v) is 55.5. The molecule has 0 amide bonds. The Balaban J connectivity index is 0.000000128. The van der Waals surface area contributed by atoms with Gasteiger partial charge in [-0.3, -0.25) is 44.7 Å². The number of anilines is 4. The summed E-state index contributed by atoms with van der Waals surface area (Å²) < 4.78 is 48.3. The lowest BCUT2D eigenvalue weighted by atomic mass is 10.1. The third-order valence-electron chi connectivity index (χ3n) is 15.5. The zero-order chi connectivity index (χ0) is 66.3. The molecule has 30 heteroatoms. The van der Waals surface area contributed by atoms with Crippen LogP contribution < -0.4 is 37.1 Å². The van der Waals surface area contributed by atoms with Crippen molar-refractivity contribution in [2.24, 2.45) is 5.84 Å². The van der Waals surface area contributed by atoms with Crippen LogP contribution in [0, 0.1) is 13.8 Å². The Hall–Kier alpha value is -10.0. The zero-order valence-electron chi connectivity index (χ0n) is 52.2. The van der Waals surface area contributed by atoms with E-state index in [9.17, 15) is 18.0 Å². The van der Waals surface area contributed by atoms with E-state index in [4.69, 9.17) is 44.5 Å². The highest BCUT2D eigenvalue weighted by Crippen LogP contribution is 2.41. The van der Waals surface area contributed by atoms with Crippen molar-refractivity contribution in [1.29, 1.82) is 0 Å². The van der Waals surface area contributed by atoms with Gasteiger partial charge >= 0.3 is 0 Å². The molecule has 3 fully saturated rings. The number of aromatic nitrogens is 13. The number of benzene rings is 2. The maximum atomic E-state index is 13.0. The van der Waals surface area contributed by atoms with Crippen molar-refractivity contribution in [3.63, 3.8) is 0 Å². The van der Waals surface area contributed by atoms with Gasteiger partial charge in [0, 0.05) is 103 Å². The Bertz CT molecular complexity index is 4860.